The lowest BCUT2D eigenvalue weighted by Crippen LogP contribution is -2.43. The van der Waals surface area contributed by atoms with Crippen LogP contribution in [0, 0.1) is 5.92 Å². The fourth-order valence-corrected chi connectivity index (χ4v) is 3.40. The first-order valence-electron chi connectivity index (χ1n) is 8.37. The molecule has 1 N–H and O–H groups in total. The summed E-state index contributed by atoms with van der Waals surface area (Å²) in [5.74, 6) is 1.73. The van der Waals surface area contributed by atoms with Crippen molar-refractivity contribution < 1.29 is 14.3 Å². The number of nitrogens with one attached hydrogen (secondary N) is 1. The number of hydrazine groups is 1. The molecule has 6 nitrogen and oxygen atoms in total. The second-order valence-electron chi connectivity index (χ2n) is 6.44. The number of amidine groups is 1. The molecule has 126 valence electrons. The van der Waals surface area contributed by atoms with Crippen molar-refractivity contribution in [2.75, 3.05) is 7.11 Å². The van der Waals surface area contributed by atoms with Crippen molar-refractivity contribution in [1.82, 2.24) is 10.4 Å². The summed E-state index contributed by atoms with van der Waals surface area (Å²) in [7, 11) is 1.65. The monoisotopic (exact) mass is 335 g/mol. The molecule has 6 heteroatoms. The van der Waals surface area contributed by atoms with Crippen molar-refractivity contribution in [3.05, 3.63) is 64.7 Å². The van der Waals surface area contributed by atoms with Gasteiger partial charge in [0, 0.05) is 23.2 Å². The topological polar surface area (TPSA) is 63.2 Å². The fourth-order valence-electron chi connectivity index (χ4n) is 3.40. The maximum Gasteiger partial charge on any atom is 0.338 e. The number of benzene rings is 1. The van der Waals surface area contributed by atoms with Crippen molar-refractivity contribution in [1.29, 1.82) is 0 Å². The zero-order valence-corrected chi connectivity index (χ0v) is 13.8. The molecule has 0 saturated heterocycles. The number of nitrogens with zero attached hydrogens (tertiary/aromatic N) is 2. The Morgan fingerprint density at radius 1 is 1.28 bits per heavy atom. The molecule has 3 aliphatic heterocycles. The number of ether oxygens (including phenoxy) is 2. The molecule has 0 amide bonds. The highest BCUT2D eigenvalue weighted by Crippen LogP contribution is 2.40. The molecular formula is C19H17N3O3. The van der Waals surface area contributed by atoms with Crippen molar-refractivity contribution in [2.24, 2.45) is 10.9 Å². The van der Waals surface area contributed by atoms with Gasteiger partial charge in [-0.15, -0.1) is 0 Å². The molecule has 5 rings (SSSR count). The van der Waals surface area contributed by atoms with Crippen LogP contribution in [0.3, 0.4) is 0 Å². The minimum Gasteiger partial charge on any atom is -0.493 e. The number of cyclic esters (lactones) is 1. The molecule has 1 fully saturated rings. The van der Waals surface area contributed by atoms with Gasteiger partial charge in [-0.2, -0.15) is 0 Å². The lowest BCUT2D eigenvalue weighted by molar-refractivity contribution is 0.0535. The Kier molecular flexibility index (Phi) is 3.00. The van der Waals surface area contributed by atoms with Crippen LogP contribution in [0.4, 0.5) is 0 Å². The van der Waals surface area contributed by atoms with Crippen LogP contribution in [-0.2, 0) is 16.1 Å². The summed E-state index contributed by atoms with van der Waals surface area (Å²) >= 11 is 0. The largest absolute Gasteiger partial charge is 0.493 e. The Labute approximate surface area is 145 Å². The molecule has 0 radical (unpaired) electrons. The van der Waals surface area contributed by atoms with Gasteiger partial charge in [0.2, 0.25) is 0 Å². The second-order valence-corrected chi connectivity index (χ2v) is 6.44. The number of carbonyl (C=O) groups excluding carboxylic acids is 1. The van der Waals surface area contributed by atoms with E-state index in [1.54, 1.807) is 13.2 Å². The van der Waals surface area contributed by atoms with E-state index in [9.17, 15) is 4.79 Å². The van der Waals surface area contributed by atoms with Crippen molar-refractivity contribution >= 4 is 17.5 Å². The highest BCUT2D eigenvalue weighted by molar-refractivity contribution is 6.05. The molecule has 3 heterocycles. The van der Waals surface area contributed by atoms with Crippen LogP contribution in [0.5, 0.6) is 0 Å². The van der Waals surface area contributed by atoms with E-state index in [1.807, 2.05) is 35.5 Å². The molecule has 0 spiro atoms. The first kappa shape index (κ1) is 14.3. The normalized spacial score (nSPS) is 21.2. The zero-order chi connectivity index (χ0) is 17.0. The molecule has 0 unspecified atom stereocenters. The van der Waals surface area contributed by atoms with E-state index in [0.717, 1.165) is 28.4 Å². The third-order valence-electron chi connectivity index (χ3n) is 4.88. The molecule has 1 saturated carbocycles. The second kappa shape index (κ2) is 5.24. The van der Waals surface area contributed by atoms with Gasteiger partial charge in [-0.05, 0) is 31.1 Å². The van der Waals surface area contributed by atoms with E-state index >= 15 is 0 Å². The van der Waals surface area contributed by atoms with Gasteiger partial charge in [0.05, 0.1) is 24.1 Å². The number of rotatable bonds is 3. The number of allylic oxidation sites excluding steroid dienone is 3. The number of aliphatic imine (C=N–C) groups is 1. The third kappa shape index (κ3) is 2.17. The Morgan fingerprint density at radius 3 is 2.92 bits per heavy atom. The molecule has 4 aliphatic rings. The Bertz CT molecular complexity index is 906. The number of esters is 1. The average molecular weight is 335 g/mol. The van der Waals surface area contributed by atoms with Crippen LogP contribution in [-0.4, -0.2) is 23.9 Å². The predicted molar refractivity (Wildman–Crippen MR) is 91.8 cm³/mol. The van der Waals surface area contributed by atoms with Crippen LogP contribution in [0.2, 0.25) is 0 Å². The summed E-state index contributed by atoms with van der Waals surface area (Å²) in [5, 5.41) is 1.91. The molecule has 0 atom stereocenters. The van der Waals surface area contributed by atoms with E-state index in [4.69, 9.17) is 14.5 Å². The van der Waals surface area contributed by atoms with Crippen LogP contribution >= 0.6 is 0 Å². The van der Waals surface area contributed by atoms with Crippen molar-refractivity contribution in [3.63, 3.8) is 0 Å². The molecule has 1 aliphatic carbocycles. The Morgan fingerprint density at radius 2 is 2.12 bits per heavy atom. The van der Waals surface area contributed by atoms with E-state index in [2.05, 4.69) is 5.43 Å². The lowest BCUT2D eigenvalue weighted by atomic mass is 9.98. The van der Waals surface area contributed by atoms with Crippen LogP contribution in [0.1, 0.15) is 34.3 Å². The van der Waals surface area contributed by atoms with Gasteiger partial charge in [-0.1, -0.05) is 12.1 Å². The highest BCUT2D eigenvalue weighted by atomic mass is 16.5. The van der Waals surface area contributed by atoms with Crippen molar-refractivity contribution in [2.45, 2.75) is 19.4 Å². The SMILES string of the molecule is COC1=CC=C(c2cccc3c2COC3=O)N2NC=C(C3CC3)N=C12. The Balaban J connectivity index is 1.60. The highest BCUT2D eigenvalue weighted by Gasteiger charge is 2.34. The number of methoxy groups -OCH3 is 1. The molecule has 25 heavy (non-hydrogen) atoms. The van der Waals surface area contributed by atoms with Gasteiger partial charge in [-0.3, -0.25) is 5.43 Å². The van der Waals surface area contributed by atoms with E-state index < -0.39 is 0 Å². The minimum atomic E-state index is -0.266. The predicted octanol–water partition coefficient (Wildman–Crippen LogP) is 2.71. The number of hydrogen-bond acceptors (Lipinski definition) is 6. The molecule has 0 bridgehead atoms. The van der Waals surface area contributed by atoms with E-state index in [0.29, 0.717) is 23.8 Å². The van der Waals surface area contributed by atoms with Gasteiger partial charge in [0.15, 0.2) is 11.6 Å². The van der Waals surface area contributed by atoms with Gasteiger partial charge >= 0.3 is 5.97 Å². The quantitative estimate of drug-likeness (QED) is 0.861. The minimum absolute atomic E-state index is 0.266. The average Bonchev–Trinajstić information content (AvgIpc) is 3.44. The van der Waals surface area contributed by atoms with Crippen LogP contribution in [0.15, 0.2) is 53.0 Å². The zero-order valence-electron chi connectivity index (χ0n) is 13.8. The first-order valence-corrected chi connectivity index (χ1v) is 8.37. The first-order chi connectivity index (χ1) is 12.3. The standard InChI is InChI=1S/C19H17N3O3/c1-24-17-8-7-16(12-3-2-4-13-14(12)10-25-19(13)23)22-18(17)21-15(9-20-22)11-5-6-11/h2-4,7-9,11,20H,5-6,10H2,1H3. The Hall–Kier alpha value is -3.02. The summed E-state index contributed by atoms with van der Waals surface area (Å²) in [6.07, 6.45) is 8.21. The summed E-state index contributed by atoms with van der Waals surface area (Å²) in [6, 6.07) is 5.68. The molecular weight excluding hydrogens is 318 g/mol. The smallest absolute Gasteiger partial charge is 0.338 e. The maximum absolute atomic E-state index is 11.9. The van der Waals surface area contributed by atoms with Gasteiger partial charge in [0.1, 0.15) is 6.61 Å². The van der Waals surface area contributed by atoms with E-state index in [-0.39, 0.29) is 5.97 Å². The number of fused-ring (bicyclic) bond motifs is 2. The van der Waals surface area contributed by atoms with Gasteiger partial charge in [-0.25, -0.2) is 14.8 Å². The number of hydrogen-bond donors (Lipinski definition) is 1. The number of carbonyl (C=O) groups is 1. The summed E-state index contributed by atoms with van der Waals surface area (Å²) in [4.78, 5) is 16.7. The van der Waals surface area contributed by atoms with Gasteiger partial charge in [0.25, 0.3) is 0 Å². The molecule has 1 aromatic rings. The van der Waals surface area contributed by atoms with Gasteiger partial charge < -0.3 is 9.47 Å². The third-order valence-corrected chi connectivity index (χ3v) is 4.88. The summed E-state index contributed by atoms with van der Waals surface area (Å²) in [6.45, 7) is 0.298. The summed E-state index contributed by atoms with van der Waals surface area (Å²) < 4.78 is 10.7. The summed E-state index contributed by atoms with van der Waals surface area (Å²) in [5.41, 5.74) is 7.81. The maximum atomic E-state index is 11.9. The van der Waals surface area contributed by atoms with Crippen LogP contribution < -0.4 is 5.43 Å². The van der Waals surface area contributed by atoms with Crippen LogP contribution in [0.25, 0.3) is 5.70 Å². The van der Waals surface area contributed by atoms with Crippen molar-refractivity contribution in [3.8, 4) is 0 Å². The lowest BCUT2D eigenvalue weighted by Gasteiger charge is -2.34. The molecule has 1 aromatic carbocycles. The van der Waals surface area contributed by atoms with E-state index in [1.165, 1.54) is 12.8 Å². The molecule has 0 aromatic heterocycles. The fraction of sp³-hybridized carbons (Fsp3) is 0.263.